The van der Waals surface area contributed by atoms with Gasteiger partial charge in [-0.05, 0) is 40.5 Å². The Morgan fingerprint density at radius 2 is 2.21 bits per heavy atom. The van der Waals surface area contributed by atoms with E-state index in [1.54, 1.807) is 23.0 Å². The molecule has 0 aliphatic rings. The Morgan fingerprint density at radius 1 is 1.43 bits per heavy atom. The first-order valence-corrected chi connectivity index (χ1v) is 4.93. The predicted octanol–water partition coefficient (Wildman–Crippen LogP) is 3.08. The fourth-order valence-corrected chi connectivity index (χ4v) is 1.43. The van der Waals surface area contributed by atoms with Crippen molar-refractivity contribution in [2.45, 2.75) is 6.92 Å². The highest BCUT2D eigenvalue weighted by Gasteiger charge is 2.02. The van der Waals surface area contributed by atoms with Gasteiger partial charge < -0.3 is 0 Å². The Balaban J connectivity index is 2.47. The van der Waals surface area contributed by atoms with Crippen LogP contribution in [0.3, 0.4) is 0 Å². The molecule has 0 radical (unpaired) electrons. The van der Waals surface area contributed by atoms with Crippen molar-refractivity contribution in [2.75, 3.05) is 0 Å². The van der Waals surface area contributed by atoms with Crippen LogP contribution < -0.4 is 0 Å². The van der Waals surface area contributed by atoms with E-state index in [4.69, 9.17) is 0 Å². The van der Waals surface area contributed by atoms with Crippen LogP contribution in [-0.4, -0.2) is 9.78 Å². The lowest BCUT2D eigenvalue weighted by Gasteiger charge is -2.01. The summed E-state index contributed by atoms with van der Waals surface area (Å²) in [4.78, 5) is 0. The summed E-state index contributed by atoms with van der Waals surface area (Å²) in [6.07, 6.45) is 3.59. The van der Waals surface area contributed by atoms with Crippen molar-refractivity contribution in [3.05, 3.63) is 46.4 Å². The number of aromatic nitrogens is 2. The van der Waals surface area contributed by atoms with Crippen molar-refractivity contribution < 1.29 is 4.39 Å². The van der Waals surface area contributed by atoms with Crippen LogP contribution in [0.5, 0.6) is 0 Å². The molecule has 0 fully saturated rings. The van der Waals surface area contributed by atoms with E-state index in [0.29, 0.717) is 4.47 Å². The number of rotatable bonds is 1. The minimum absolute atomic E-state index is 0.282. The molecule has 2 nitrogen and oxygen atoms in total. The molecule has 0 bridgehead atoms. The SMILES string of the molecule is Cc1cnn(-c2ccc(Br)c(F)c2)c1. The Kier molecular flexibility index (Phi) is 2.37. The van der Waals surface area contributed by atoms with Crippen molar-refractivity contribution >= 4 is 15.9 Å². The summed E-state index contributed by atoms with van der Waals surface area (Å²) in [7, 11) is 0. The van der Waals surface area contributed by atoms with Crippen molar-refractivity contribution in [3.8, 4) is 5.69 Å². The van der Waals surface area contributed by atoms with Gasteiger partial charge in [-0.15, -0.1) is 0 Å². The average Bonchev–Trinajstić information content (AvgIpc) is 2.57. The van der Waals surface area contributed by atoms with Gasteiger partial charge in [0, 0.05) is 12.3 Å². The minimum atomic E-state index is -0.282. The lowest BCUT2D eigenvalue weighted by atomic mass is 10.3. The van der Waals surface area contributed by atoms with Gasteiger partial charge in [-0.1, -0.05) is 0 Å². The quantitative estimate of drug-likeness (QED) is 0.765. The molecule has 0 N–H and O–H groups in total. The number of hydrogen-bond donors (Lipinski definition) is 0. The number of hydrogen-bond acceptors (Lipinski definition) is 1. The molecule has 1 heterocycles. The molecule has 2 rings (SSSR count). The summed E-state index contributed by atoms with van der Waals surface area (Å²) < 4.78 is 15.3. The van der Waals surface area contributed by atoms with Crippen LogP contribution in [-0.2, 0) is 0 Å². The normalized spacial score (nSPS) is 10.5. The van der Waals surface area contributed by atoms with Crippen LogP contribution in [0, 0.1) is 12.7 Å². The van der Waals surface area contributed by atoms with Crippen LogP contribution in [0.2, 0.25) is 0 Å². The first-order chi connectivity index (χ1) is 6.66. The van der Waals surface area contributed by atoms with Crippen LogP contribution in [0.1, 0.15) is 5.56 Å². The van der Waals surface area contributed by atoms with Gasteiger partial charge in [0.15, 0.2) is 0 Å². The van der Waals surface area contributed by atoms with E-state index in [9.17, 15) is 4.39 Å². The van der Waals surface area contributed by atoms with E-state index in [2.05, 4.69) is 21.0 Å². The van der Waals surface area contributed by atoms with Gasteiger partial charge in [0.05, 0.1) is 16.4 Å². The average molecular weight is 255 g/mol. The summed E-state index contributed by atoms with van der Waals surface area (Å²) in [5.41, 5.74) is 1.77. The highest BCUT2D eigenvalue weighted by atomic mass is 79.9. The Bertz CT molecular complexity index is 465. The number of nitrogens with zero attached hydrogens (tertiary/aromatic N) is 2. The first-order valence-electron chi connectivity index (χ1n) is 4.13. The lowest BCUT2D eigenvalue weighted by Crippen LogP contribution is -1.94. The zero-order valence-electron chi connectivity index (χ0n) is 7.54. The van der Waals surface area contributed by atoms with Crippen molar-refractivity contribution in [1.82, 2.24) is 9.78 Å². The maximum absolute atomic E-state index is 13.2. The van der Waals surface area contributed by atoms with Gasteiger partial charge in [0.2, 0.25) is 0 Å². The molecule has 0 aliphatic carbocycles. The Labute approximate surface area is 89.5 Å². The fourth-order valence-electron chi connectivity index (χ4n) is 1.18. The second kappa shape index (κ2) is 3.53. The van der Waals surface area contributed by atoms with Crippen molar-refractivity contribution in [1.29, 1.82) is 0 Å². The van der Waals surface area contributed by atoms with E-state index < -0.39 is 0 Å². The predicted molar refractivity (Wildman–Crippen MR) is 56.0 cm³/mol. The fraction of sp³-hybridized carbons (Fsp3) is 0.100. The standard InChI is InChI=1S/C10H8BrFN2/c1-7-5-13-14(6-7)8-2-3-9(11)10(12)4-8/h2-6H,1H3. The maximum Gasteiger partial charge on any atom is 0.139 e. The zero-order valence-corrected chi connectivity index (χ0v) is 9.12. The summed E-state index contributed by atoms with van der Waals surface area (Å²) in [6.45, 7) is 1.94. The van der Waals surface area contributed by atoms with Gasteiger partial charge >= 0.3 is 0 Å². The van der Waals surface area contributed by atoms with Crippen molar-refractivity contribution in [2.24, 2.45) is 0 Å². The summed E-state index contributed by atoms with van der Waals surface area (Å²) in [5.74, 6) is -0.282. The molecule has 0 amide bonds. The molecule has 0 saturated carbocycles. The van der Waals surface area contributed by atoms with Gasteiger partial charge in [-0.3, -0.25) is 0 Å². The van der Waals surface area contributed by atoms with Crippen LogP contribution in [0.25, 0.3) is 5.69 Å². The van der Waals surface area contributed by atoms with E-state index >= 15 is 0 Å². The first kappa shape index (κ1) is 9.40. The van der Waals surface area contributed by atoms with Gasteiger partial charge in [0.25, 0.3) is 0 Å². The highest BCUT2D eigenvalue weighted by Crippen LogP contribution is 2.18. The Morgan fingerprint density at radius 3 is 2.79 bits per heavy atom. The number of halogens is 2. The highest BCUT2D eigenvalue weighted by molar-refractivity contribution is 9.10. The molecule has 1 aromatic heterocycles. The van der Waals surface area contributed by atoms with Crippen LogP contribution in [0.4, 0.5) is 4.39 Å². The molecular weight excluding hydrogens is 247 g/mol. The third-order valence-corrected chi connectivity index (χ3v) is 2.52. The molecule has 72 valence electrons. The summed E-state index contributed by atoms with van der Waals surface area (Å²) in [6, 6.07) is 4.91. The summed E-state index contributed by atoms with van der Waals surface area (Å²) in [5, 5.41) is 4.09. The molecule has 2 aromatic rings. The lowest BCUT2D eigenvalue weighted by molar-refractivity contribution is 0.618. The maximum atomic E-state index is 13.2. The van der Waals surface area contributed by atoms with E-state index in [-0.39, 0.29) is 5.82 Å². The monoisotopic (exact) mass is 254 g/mol. The largest absolute Gasteiger partial charge is 0.241 e. The van der Waals surface area contributed by atoms with Crippen LogP contribution in [0.15, 0.2) is 35.1 Å². The minimum Gasteiger partial charge on any atom is -0.241 e. The van der Waals surface area contributed by atoms with Gasteiger partial charge in [0.1, 0.15) is 5.82 Å². The molecule has 1 aromatic carbocycles. The Hall–Kier alpha value is -1.16. The van der Waals surface area contributed by atoms with E-state index in [1.807, 2.05) is 13.1 Å². The van der Waals surface area contributed by atoms with Crippen molar-refractivity contribution in [3.63, 3.8) is 0 Å². The third kappa shape index (κ3) is 1.70. The topological polar surface area (TPSA) is 17.8 Å². The number of benzene rings is 1. The second-order valence-electron chi connectivity index (χ2n) is 3.06. The molecule has 0 aliphatic heterocycles. The zero-order chi connectivity index (χ0) is 10.1. The van der Waals surface area contributed by atoms with Crippen LogP contribution >= 0.6 is 15.9 Å². The second-order valence-corrected chi connectivity index (χ2v) is 3.92. The number of aryl methyl sites for hydroxylation is 1. The van der Waals surface area contributed by atoms with Gasteiger partial charge in [-0.25, -0.2) is 9.07 Å². The smallest absolute Gasteiger partial charge is 0.139 e. The molecule has 4 heteroatoms. The van der Waals surface area contributed by atoms with E-state index in [1.165, 1.54) is 6.07 Å². The molecule has 14 heavy (non-hydrogen) atoms. The van der Waals surface area contributed by atoms with Gasteiger partial charge in [-0.2, -0.15) is 5.10 Å². The third-order valence-electron chi connectivity index (χ3n) is 1.88. The van der Waals surface area contributed by atoms with E-state index in [0.717, 1.165) is 11.3 Å². The summed E-state index contributed by atoms with van der Waals surface area (Å²) >= 11 is 3.10. The molecule has 0 saturated heterocycles. The molecular formula is C10H8BrFN2. The molecule has 0 atom stereocenters. The molecule has 0 spiro atoms. The molecule has 0 unspecified atom stereocenters.